The minimum absolute atomic E-state index is 0.219. The first-order valence-electron chi connectivity index (χ1n) is 7.95. The lowest BCUT2D eigenvalue weighted by atomic mass is 10.2. The number of hydrogen-bond acceptors (Lipinski definition) is 7. The lowest BCUT2D eigenvalue weighted by Crippen LogP contribution is -2.10. The maximum atomic E-state index is 9.32. The van der Waals surface area contributed by atoms with Crippen molar-refractivity contribution >= 4 is 23.5 Å². The van der Waals surface area contributed by atoms with E-state index in [0.29, 0.717) is 17.8 Å². The van der Waals surface area contributed by atoms with Gasteiger partial charge in [0.05, 0.1) is 0 Å². The van der Waals surface area contributed by atoms with Gasteiger partial charge in [0, 0.05) is 19.3 Å². The Morgan fingerprint density at radius 2 is 1.61 bits per heavy atom. The monoisotopic (exact) mass is 316 g/mol. The highest BCUT2D eigenvalue weighted by Crippen LogP contribution is 2.18. The molecule has 0 aliphatic carbocycles. The Kier molecular flexibility index (Phi) is 6.40. The molecule has 0 bridgehead atoms. The summed E-state index contributed by atoms with van der Waals surface area (Å²) in [6.07, 6.45) is 4.76. The zero-order valence-electron chi connectivity index (χ0n) is 13.6. The number of hydrogen-bond donors (Lipinski definition) is 4. The molecule has 0 aliphatic rings. The van der Waals surface area contributed by atoms with E-state index in [1.54, 1.807) is 31.3 Å². The van der Waals surface area contributed by atoms with Crippen molar-refractivity contribution in [2.45, 2.75) is 32.6 Å². The molecule has 4 N–H and O–H groups in total. The number of phenols is 1. The lowest BCUT2D eigenvalue weighted by Gasteiger charge is -2.10. The number of benzene rings is 1. The number of nitrogens with one attached hydrogen (secondary N) is 3. The van der Waals surface area contributed by atoms with Crippen molar-refractivity contribution in [1.29, 1.82) is 0 Å². The van der Waals surface area contributed by atoms with E-state index in [4.69, 9.17) is 0 Å². The highest BCUT2D eigenvalue weighted by Gasteiger charge is 2.06. The molecular weight excluding hydrogens is 292 g/mol. The molecule has 2 aromatic rings. The van der Waals surface area contributed by atoms with Gasteiger partial charge in [0.2, 0.25) is 17.8 Å². The van der Waals surface area contributed by atoms with Crippen LogP contribution in [0, 0.1) is 0 Å². The van der Waals surface area contributed by atoms with Gasteiger partial charge in [-0.25, -0.2) is 0 Å². The third-order valence-electron chi connectivity index (χ3n) is 3.30. The van der Waals surface area contributed by atoms with Crippen LogP contribution in [-0.2, 0) is 0 Å². The summed E-state index contributed by atoms with van der Waals surface area (Å²) in [5, 5.41) is 18.6. The van der Waals surface area contributed by atoms with Gasteiger partial charge in [-0.2, -0.15) is 15.0 Å². The van der Waals surface area contributed by atoms with Crippen LogP contribution < -0.4 is 16.0 Å². The lowest BCUT2D eigenvalue weighted by molar-refractivity contribution is 0.475. The van der Waals surface area contributed by atoms with Gasteiger partial charge >= 0.3 is 0 Å². The quantitative estimate of drug-likeness (QED) is 0.416. The molecule has 0 unspecified atom stereocenters. The Balaban J connectivity index is 2.01. The number of anilines is 4. The first kappa shape index (κ1) is 16.8. The summed E-state index contributed by atoms with van der Waals surface area (Å²) >= 11 is 0. The molecule has 0 radical (unpaired) electrons. The van der Waals surface area contributed by atoms with E-state index in [2.05, 4.69) is 37.8 Å². The van der Waals surface area contributed by atoms with Crippen molar-refractivity contribution in [3.63, 3.8) is 0 Å². The summed E-state index contributed by atoms with van der Waals surface area (Å²) in [5.74, 6) is 1.71. The average molecular weight is 316 g/mol. The van der Waals surface area contributed by atoms with Crippen molar-refractivity contribution in [3.05, 3.63) is 24.3 Å². The standard InChI is InChI=1S/C16H24N6O/c1-3-4-5-6-11-18-15-20-14(17-2)21-16(22-15)19-12-7-9-13(23)10-8-12/h7-10,23H,3-6,11H2,1-2H3,(H3,17,18,19,20,21,22). The number of phenolic OH excluding ortho intramolecular Hbond substituents is 1. The normalized spacial score (nSPS) is 10.3. The second-order valence-corrected chi connectivity index (χ2v) is 5.22. The van der Waals surface area contributed by atoms with Crippen molar-refractivity contribution < 1.29 is 5.11 Å². The van der Waals surface area contributed by atoms with Crippen molar-refractivity contribution in [3.8, 4) is 5.75 Å². The largest absolute Gasteiger partial charge is 0.508 e. The van der Waals surface area contributed by atoms with Crippen LogP contribution in [0.2, 0.25) is 0 Å². The van der Waals surface area contributed by atoms with Gasteiger partial charge < -0.3 is 21.1 Å². The second-order valence-electron chi connectivity index (χ2n) is 5.22. The fourth-order valence-electron chi connectivity index (χ4n) is 2.05. The number of nitrogens with zero attached hydrogens (tertiary/aromatic N) is 3. The molecule has 124 valence electrons. The topological polar surface area (TPSA) is 95.0 Å². The van der Waals surface area contributed by atoms with Crippen molar-refractivity contribution in [1.82, 2.24) is 15.0 Å². The second kappa shape index (κ2) is 8.77. The Morgan fingerprint density at radius 1 is 0.913 bits per heavy atom. The molecule has 0 spiro atoms. The van der Waals surface area contributed by atoms with Crippen LogP contribution >= 0.6 is 0 Å². The first-order valence-corrected chi connectivity index (χ1v) is 7.95. The predicted octanol–water partition coefficient (Wildman–Crippen LogP) is 3.35. The fraction of sp³-hybridized carbons (Fsp3) is 0.438. The van der Waals surface area contributed by atoms with Gasteiger partial charge in [0.1, 0.15) is 5.75 Å². The molecule has 7 nitrogen and oxygen atoms in total. The van der Waals surface area contributed by atoms with Crippen molar-refractivity contribution in [2.75, 3.05) is 29.5 Å². The third kappa shape index (κ3) is 5.61. The van der Waals surface area contributed by atoms with Crippen molar-refractivity contribution in [2.24, 2.45) is 0 Å². The number of aromatic nitrogens is 3. The zero-order valence-corrected chi connectivity index (χ0v) is 13.6. The molecule has 0 saturated carbocycles. The van der Waals surface area contributed by atoms with Crippen LogP contribution in [0.3, 0.4) is 0 Å². The fourth-order valence-corrected chi connectivity index (χ4v) is 2.05. The molecule has 0 fully saturated rings. The van der Waals surface area contributed by atoms with Gasteiger partial charge in [-0.1, -0.05) is 26.2 Å². The summed E-state index contributed by atoms with van der Waals surface area (Å²) < 4.78 is 0. The smallest absolute Gasteiger partial charge is 0.233 e. The maximum Gasteiger partial charge on any atom is 0.233 e. The molecule has 0 atom stereocenters. The van der Waals surface area contributed by atoms with Crippen LogP contribution in [-0.4, -0.2) is 33.7 Å². The summed E-state index contributed by atoms with van der Waals surface area (Å²) in [5.41, 5.74) is 0.796. The SMILES string of the molecule is CCCCCCNc1nc(NC)nc(Nc2ccc(O)cc2)n1. The van der Waals surface area contributed by atoms with E-state index in [1.807, 2.05) is 0 Å². The van der Waals surface area contributed by atoms with Crippen LogP contribution in [0.5, 0.6) is 5.75 Å². The van der Waals surface area contributed by atoms with Crippen LogP contribution in [0.4, 0.5) is 23.5 Å². The number of rotatable bonds is 9. The molecular formula is C16H24N6O. The van der Waals surface area contributed by atoms with Gasteiger partial charge in [-0.05, 0) is 30.7 Å². The first-order chi connectivity index (χ1) is 11.2. The minimum Gasteiger partial charge on any atom is -0.508 e. The molecule has 1 aromatic carbocycles. The van der Waals surface area contributed by atoms with E-state index in [-0.39, 0.29) is 5.75 Å². The van der Waals surface area contributed by atoms with Crippen LogP contribution in [0.25, 0.3) is 0 Å². The Labute approximate surface area is 136 Å². The van der Waals surface area contributed by atoms with E-state index in [0.717, 1.165) is 18.7 Å². The highest BCUT2D eigenvalue weighted by atomic mass is 16.3. The summed E-state index contributed by atoms with van der Waals surface area (Å²) in [6.45, 7) is 3.03. The average Bonchev–Trinajstić information content (AvgIpc) is 2.56. The van der Waals surface area contributed by atoms with E-state index in [1.165, 1.54) is 19.3 Å². The Morgan fingerprint density at radius 3 is 2.30 bits per heavy atom. The summed E-state index contributed by atoms with van der Waals surface area (Å²) in [6, 6.07) is 6.73. The minimum atomic E-state index is 0.219. The molecule has 0 amide bonds. The van der Waals surface area contributed by atoms with Crippen LogP contribution in [0.15, 0.2) is 24.3 Å². The molecule has 0 aliphatic heterocycles. The number of unbranched alkanes of at least 4 members (excludes halogenated alkanes) is 3. The highest BCUT2D eigenvalue weighted by molar-refractivity contribution is 5.56. The molecule has 2 rings (SSSR count). The Hall–Kier alpha value is -2.57. The predicted molar refractivity (Wildman–Crippen MR) is 93.4 cm³/mol. The summed E-state index contributed by atoms with van der Waals surface area (Å²) in [4.78, 5) is 13.0. The van der Waals surface area contributed by atoms with Gasteiger partial charge in [-0.3, -0.25) is 0 Å². The van der Waals surface area contributed by atoms with Gasteiger partial charge in [0.15, 0.2) is 0 Å². The molecule has 1 aromatic heterocycles. The van der Waals surface area contributed by atoms with E-state index >= 15 is 0 Å². The summed E-state index contributed by atoms with van der Waals surface area (Å²) in [7, 11) is 1.77. The molecule has 0 saturated heterocycles. The molecule has 23 heavy (non-hydrogen) atoms. The Bertz CT molecular complexity index is 602. The molecule has 7 heteroatoms. The zero-order chi connectivity index (χ0) is 16.5. The molecule has 1 heterocycles. The third-order valence-corrected chi connectivity index (χ3v) is 3.30. The van der Waals surface area contributed by atoms with Gasteiger partial charge in [0.25, 0.3) is 0 Å². The number of aromatic hydroxyl groups is 1. The van der Waals surface area contributed by atoms with E-state index in [9.17, 15) is 5.11 Å². The van der Waals surface area contributed by atoms with Crippen LogP contribution in [0.1, 0.15) is 32.6 Å². The van der Waals surface area contributed by atoms with E-state index < -0.39 is 0 Å². The maximum absolute atomic E-state index is 9.32. The van der Waals surface area contributed by atoms with Gasteiger partial charge in [-0.15, -0.1) is 0 Å².